The van der Waals surface area contributed by atoms with Gasteiger partial charge in [-0.3, -0.25) is 4.99 Å². The monoisotopic (exact) mass is 292 g/mol. The maximum atomic E-state index is 5.58. The van der Waals surface area contributed by atoms with Gasteiger partial charge in [-0.15, -0.1) is 0 Å². The summed E-state index contributed by atoms with van der Waals surface area (Å²) >= 11 is 1.81. The van der Waals surface area contributed by atoms with E-state index in [1.165, 1.54) is 6.42 Å². The molecule has 1 aliphatic heterocycles. The van der Waals surface area contributed by atoms with Crippen LogP contribution in [0.1, 0.15) is 33.6 Å². The number of anilines is 1. The van der Waals surface area contributed by atoms with E-state index < -0.39 is 0 Å². The average Bonchev–Trinajstić information content (AvgIpc) is 2.84. The molecule has 0 saturated carbocycles. The highest BCUT2D eigenvalue weighted by Crippen LogP contribution is 2.25. The molecule has 1 aromatic carbocycles. The average molecular weight is 292 g/mol. The number of hydrogen-bond acceptors (Lipinski definition) is 4. The summed E-state index contributed by atoms with van der Waals surface area (Å²) in [7, 11) is 0. The van der Waals surface area contributed by atoms with Gasteiger partial charge in [0.2, 0.25) is 0 Å². The minimum absolute atomic E-state index is 0.467. The molecule has 20 heavy (non-hydrogen) atoms. The van der Waals surface area contributed by atoms with E-state index in [1.807, 2.05) is 36.0 Å². The quantitative estimate of drug-likeness (QED) is 0.843. The molecule has 0 aromatic heterocycles. The molecule has 4 heteroatoms. The summed E-state index contributed by atoms with van der Waals surface area (Å²) in [5, 5.41) is 4.42. The molecular weight excluding hydrogens is 268 g/mol. The van der Waals surface area contributed by atoms with E-state index in [4.69, 9.17) is 9.73 Å². The van der Waals surface area contributed by atoms with Crippen LogP contribution in [-0.4, -0.2) is 23.6 Å². The Morgan fingerprint density at radius 2 is 2.10 bits per heavy atom. The first-order valence-corrected chi connectivity index (χ1v) is 8.36. The molecule has 0 fully saturated rings. The Kier molecular flexibility index (Phi) is 5.77. The number of aliphatic imine (C=N–C) groups is 1. The first-order chi connectivity index (χ1) is 9.67. The zero-order valence-corrected chi connectivity index (χ0v) is 13.4. The lowest BCUT2D eigenvalue weighted by atomic mass is 10.1. The normalized spacial score (nSPS) is 18.2. The lowest BCUT2D eigenvalue weighted by molar-refractivity contribution is 0.317. The van der Waals surface area contributed by atoms with E-state index >= 15 is 0 Å². The molecule has 0 saturated heterocycles. The summed E-state index contributed by atoms with van der Waals surface area (Å²) in [5.41, 5.74) is 1.07. The highest BCUT2D eigenvalue weighted by Gasteiger charge is 2.19. The Balaban J connectivity index is 1.87. The summed E-state index contributed by atoms with van der Waals surface area (Å²) in [6.07, 6.45) is 2.20. The SMILES string of the molecule is CCCOc1ccc(NC2=NC(CC(C)C)CS2)cc1. The van der Waals surface area contributed by atoms with Crippen LogP contribution < -0.4 is 10.1 Å². The number of benzene rings is 1. The molecule has 0 amide bonds. The van der Waals surface area contributed by atoms with Gasteiger partial charge < -0.3 is 10.1 Å². The Hall–Kier alpha value is -1.16. The number of hydrogen-bond donors (Lipinski definition) is 1. The van der Waals surface area contributed by atoms with Gasteiger partial charge in [0.1, 0.15) is 5.75 Å². The second-order valence-corrected chi connectivity index (χ2v) is 6.54. The molecule has 110 valence electrons. The van der Waals surface area contributed by atoms with Gasteiger partial charge in [-0.1, -0.05) is 32.5 Å². The van der Waals surface area contributed by atoms with Gasteiger partial charge in [-0.05, 0) is 43.0 Å². The molecule has 3 nitrogen and oxygen atoms in total. The van der Waals surface area contributed by atoms with E-state index in [9.17, 15) is 0 Å². The molecule has 1 atom stereocenters. The predicted molar refractivity (Wildman–Crippen MR) is 89.0 cm³/mol. The van der Waals surface area contributed by atoms with Crippen molar-refractivity contribution in [2.45, 2.75) is 39.7 Å². The predicted octanol–water partition coefficient (Wildman–Crippen LogP) is 4.40. The first-order valence-electron chi connectivity index (χ1n) is 7.38. The minimum Gasteiger partial charge on any atom is -0.494 e. The van der Waals surface area contributed by atoms with Crippen molar-refractivity contribution in [3.63, 3.8) is 0 Å². The minimum atomic E-state index is 0.467. The molecule has 1 aliphatic rings. The number of thioether (sulfide) groups is 1. The number of nitrogens with one attached hydrogen (secondary N) is 1. The second-order valence-electron chi connectivity index (χ2n) is 5.53. The van der Waals surface area contributed by atoms with E-state index in [-0.39, 0.29) is 0 Å². The Morgan fingerprint density at radius 1 is 1.35 bits per heavy atom. The molecule has 2 rings (SSSR count). The van der Waals surface area contributed by atoms with Crippen molar-refractivity contribution in [1.29, 1.82) is 0 Å². The molecule has 0 bridgehead atoms. The van der Waals surface area contributed by atoms with E-state index in [0.717, 1.165) is 35.4 Å². The summed E-state index contributed by atoms with van der Waals surface area (Å²) in [4.78, 5) is 4.73. The zero-order chi connectivity index (χ0) is 14.4. The molecular formula is C16H24N2OS. The Morgan fingerprint density at radius 3 is 2.75 bits per heavy atom. The maximum Gasteiger partial charge on any atom is 0.161 e. The van der Waals surface area contributed by atoms with Crippen LogP contribution in [0.25, 0.3) is 0 Å². The lowest BCUT2D eigenvalue weighted by Crippen LogP contribution is -2.08. The van der Waals surface area contributed by atoms with Gasteiger partial charge in [0.25, 0.3) is 0 Å². The van der Waals surface area contributed by atoms with Crippen LogP contribution in [0.3, 0.4) is 0 Å². The fraction of sp³-hybridized carbons (Fsp3) is 0.562. The lowest BCUT2D eigenvalue weighted by Gasteiger charge is -2.08. The van der Waals surface area contributed by atoms with Crippen molar-refractivity contribution in [3.8, 4) is 5.75 Å². The number of nitrogens with zero attached hydrogens (tertiary/aromatic N) is 1. The van der Waals surface area contributed by atoms with Crippen molar-refractivity contribution in [2.24, 2.45) is 10.9 Å². The molecule has 0 aliphatic carbocycles. The van der Waals surface area contributed by atoms with E-state index in [0.29, 0.717) is 12.0 Å². The molecule has 0 radical (unpaired) electrons. The smallest absolute Gasteiger partial charge is 0.161 e. The summed E-state index contributed by atoms with van der Waals surface area (Å²) < 4.78 is 5.58. The van der Waals surface area contributed by atoms with Crippen molar-refractivity contribution in [1.82, 2.24) is 0 Å². The van der Waals surface area contributed by atoms with Crippen LogP contribution in [0, 0.1) is 5.92 Å². The Bertz CT molecular complexity index is 442. The first kappa shape index (κ1) is 15.2. The second kappa shape index (κ2) is 7.58. The van der Waals surface area contributed by atoms with Crippen LogP contribution in [0.5, 0.6) is 5.75 Å². The molecule has 1 unspecified atom stereocenters. The highest BCUT2D eigenvalue weighted by atomic mass is 32.2. The van der Waals surface area contributed by atoms with Crippen LogP contribution in [0.15, 0.2) is 29.3 Å². The molecule has 1 aromatic rings. The van der Waals surface area contributed by atoms with Gasteiger partial charge >= 0.3 is 0 Å². The fourth-order valence-electron chi connectivity index (χ4n) is 2.13. The molecule has 1 N–H and O–H groups in total. The number of rotatable bonds is 6. The fourth-order valence-corrected chi connectivity index (χ4v) is 3.10. The van der Waals surface area contributed by atoms with Gasteiger partial charge in [0, 0.05) is 11.4 Å². The van der Waals surface area contributed by atoms with Gasteiger partial charge in [0.05, 0.1) is 12.6 Å². The van der Waals surface area contributed by atoms with Gasteiger partial charge in [-0.25, -0.2) is 0 Å². The number of ether oxygens (including phenoxy) is 1. The van der Waals surface area contributed by atoms with Crippen LogP contribution in [0.2, 0.25) is 0 Å². The van der Waals surface area contributed by atoms with Crippen LogP contribution in [-0.2, 0) is 0 Å². The van der Waals surface area contributed by atoms with E-state index in [2.05, 4.69) is 26.1 Å². The molecule has 1 heterocycles. The summed E-state index contributed by atoms with van der Waals surface area (Å²) in [5.74, 6) is 2.73. The summed E-state index contributed by atoms with van der Waals surface area (Å²) in [6.45, 7) is 7.38. The van der Waals surface area contributed by atoms with Crippen molar-refractivity contribution in [2.75, 3.05) is 17.7 Å². The van der Waals surface area contributed by atoms with Gasteiger partial charge in [-0.2, -0.15) is 0 Å². The van der Waals surface area contributed by atoms with Crippen molar-refractivity contribution in [3.05, 3.63) is 24.3 Å². The third-order valence-corrected chi connectivity index (χ3v) is 4.07. The standard InChI is InChI=1S/C16H24N2OS/c1-4-9-19-15-7-5-13(6-8-15)17-16-18-14(11-20-16)10-12(2)3/h5-8,12,14H,4,9-11H2,1-3H3,(H,17,18). The zero-order valence-electron chi connectivity index (χ0n) is 12.6. The van der Waals surface area contributed by atoms with Crippen molar-refractivity contribution >= 4 is 22.6 Å². The topological polar surface area (TPSA) is 33.6 Å². The molecule has 0 spiro atoms. The number of amidine groups is 1. The summed E-state index contributed by atoms with van der Waals surface area (Å²) in [6, 6.07) is 8.57. The van der Waals surface area contributed by atoms with E-state index in [1.54, 1.807) is 0 Å². The highest BCUT2D eigenvalue weighted by molar-refractivity contribution is 8.14. The third kappa shape index (κ3) is 4.75. The van der Waals surface area contributed by atoms with Crippen LogP contribution >= 0.6 is 11.8 Å². The van der Waals surface area contributed by atoms with Crippen molar-refractivity contribution < 1.29 is 4.74 Å². The van der Waals surface area contributed by atoms with Gasteiger partial charge in [0.15, 0.2) is 5.17 Å². The largest absolute Gasteiger partial charge is 0.494 e. The Labute approximate surface area is 126 Å². The third-order valence-electron chi connectivity index (χ3n) is 3.03. The maximum absolute atomic E-state index is 5.58. The van der Waals surface area contributed by atoms with Crippen LogP contribution in [0.4, 0.5) is 5.69 Å².